The number of aromatic nitrogens is 2. The standard InChI is InChI=1S/C14H20N4O2S/c15-13-11-3-8-21-14(11)17-12(16-13)9-18-4-1-10(2-5-18)20-7-6-19/h3,8,10,19H,1-2,4-7,9H2,(H2,15,16,17). The first-order valence-electron chi connectivity index (χ1n) is 7.20. The number of fused-ring (bicyclic) bond motifs is 1. The van der Waals surface area contributed by atoms with Gasteiger partial charge in [0, 0.05) is 13.1 Å². The zero-order chi connectivity index (χ0) is 14.7. The minimum absolute atomic E-state index is 0.0914. The number of anilines is 1. The molecular weight excluding hydrogens is 288 g/mol. The van der Waals surface area contributed by atoms with Crippen LogP contribution >= 0.6 is 11.3 Å². The first kappa shape index (κ1) is 14.6. The lowest BCUT2D eigenvalue weighted by Gasteiger charge is -2.31. The SMILES string of the molecule is Nc1nc(CN2CCC(OCCO)CC2)nc2sccc12. The normalized spacial score (nSPS) is 17.6. The summed E-state index contributed by atoms with van der Waals surface area (Å²) < 4.78 is 5.57. The van der Waals surface area contributed by atoms with Crippen molar-refractivity contribution in [2.24, 2.45) is 0 Å². The fraction of sp³-hybridized carbons (Fsp3) is 0.571. The highest BCUT2D eigenvalue weighted by molar-refractivity contribution is 7.16. The molecule has 114 valence electrons. The monoisotopic (exact) mass is 308 g/mol. The number of nitrogens with zero attached hydrogens (tertiary/aromatic N) is 3. The molecule has 2 aromatic heterocycles. The molecule has 3 rings (SSSR count). The van der Waals surface area contributed by atoms with Crippen molar-refractivity contribution in [1.29, 1.82) is 0 Å². The van der Waals surface area contributed by atoms with Crippen molar-refractivity contribution in [3.63, 3.8) is 0 Å². The van der Waals surface area contributed by atoms with Gasteiger partial charge in [-0.1, -0.05) is 0 Å². The zero-order valence-electron chi connectivity index (χ0n) is 11.9. The molecule has 6 nitrogen and oxygen atoms in total. The van der Waals surface area contributed by atoms with Crippen LogP contribution in [0.2, 0.25) is 0 Å². The van der Waals surface area contributed by atoms with Gasteiger partial charge in [-0.2, -0.15) is 0 Å². The molecule has 2 aromatic rings. The van der Waals surface area contributed by atoms with Crippen LogP contribution in [0.1, 0.15) is 18.7 Å². The first-order valence-corrected chi connectivity index (χ1v) is 8.08. The molecule has 0 radical (unpaired) electrons. The fourth-order valence-electron chi connectivity index (χ4n) is 2.65. The fourth-order valence-corrected chi connectivity index (χ4v) is 3.44. The number of rotatable bonds is 5. The van der Waals surface area contributed by atoms with Crippen molar-refractivity contribution in [3.05, 3.63) is 17.3 Å². The minimum atomic E-state index is 0.0914. The molecule has 3 N–H and O–H groups in total. The third kappa shape index (κ3) is 3.49. The molecule has 0 saturated carbocycles. The van der Waals surface area contributed by atoms with E-state index in [2.05, 4.69) is 14.9 Å². The van der Waals surface area contributed by atoms with E-state index in [0.29, 0.717) is 12.4 Å². The highest BCUT2D eigenvalue weighted by atomic mass is 32.1. The van der Waals surface area contributed by atoms with Gasteiger partial charge in [0.05, 0.1) is 31.2 Å². The lowest BCUT2D eigenvalue weighted by atomic mass is 10.1. The summed E-state index contributed by atoms with van der Waals surface area (Å²) in [6, 6.07) is 1.96. The second-order valence-electron chi connectivity index (χ2n) is 5.23. The molecular formula is C14H20N4O2S. The molecule has 1 saturated heterocycles. The molecule has 0 aromatic carbocycles. The van der Waals surface area contributed by atoms with E-state index in [-0.39, 0.29) is 12.7 Å². The number of hydrogen-bond donors (Lipinski definition) is 2. The van der Waals surface area contributed by atoms with E-state index >= 15 is 0 Å². The molecule has 3 heterocycles. The molecule has 1 fully saturated rings. The Morgan fingerprint density at radius 2 is 2.19 bits per heavy atom. The van der Waals surface area contributed by atoms with Crippen molar-refractivity contribution in [3.8, 4) is 0 Å². The highest BCUT2D eigenvalue weighted by Gasteiger charge is 2.20. The number of hydrogen-bond acceptors (Lipinski definition) is 7. The van der Waals surface area contributed by atoms with E-state index in [1.165, 1.54) is 0 Å². The van der Waals surface area contributed by atoms with E-state index in [1.54, 1.807) is 11.3 Å². The van der Waals surface area contributed by atoms with Crippen LogP contribution in [0.15, 0.2) is 11.4 Å². The summed E-state index contributed by atoms with van der Waals surface area (Å²) in [6.45, 7) is 3.17. The van der Waals surface area contributed by atoms with Crippen LogP contribution in [-0.4, -0.2) is 52.4 Å². The number of piperidine rings is 1. The molecule has 0 unspecified atom stereocenters. The lowest BCUT2D eigenvalue weighted by molar-refractivity contribution is -0.00936. The minimum Gasteiger partial charge on any atom is -0.394 e. The quantitative estimate of drug-likeness (QED) is 0.865. The number of ether oxygens (including phenoxy) is 1. The van der Waals surface area contributed by atoms with Gasteiger partial charge >= 0.3 is 0 Å². The van der Waals surface area contributed by atoms with Gasteiger partial charge in [0.1, 0.15) is 16.5 Å². The Balaban J connectivity index is 1.59. The smallest absolute Gasteiger partial charge is 0.146 e. The van der Waals surface area contributed by atoms with Gasteiger partial charge in [0.15, 0.2) is 0 Å². The molecule has 7 heteroatoms. The Hall–Kier alpha value is -1.28. The molecule has 1 aliphatic heterocycles. The molecule has 0 aliphatic carbocycles. The van der Waals surface area contributed by atoms with Gasteiger partial charge in [0.2, 0.25) is 0 Å². The number of thiophene rings is 1. The van der Waals surface area contributed by atoms with E-state index in [0.717, 1.165) is 48.5 Å². The molecule has 0 atom stereocenters. The Morgan fingerprint density at radius 1 is 1.38 bits per heavy atom. The van der Waals surface area contributed by atoms with Crippen molar-refractivity contribution >= 4 is 27.4 Å². The molecule has 0 spiro atoms. The third-order valence-electron chi connectivity index (χ3n) is 3.75. The van der Waals surface area contributed by atoms with Crippen molar-refractivity contribution < 1.29 is 9.84 Å². The summed E-state index contributed by atoms with van der Waals surface area (Å²) in [6.07, 6.45) is 2.23. The lowest BCUT2D eigenvalue weighted by Crippen LogP contribution is -2.37. The van der Waals surface area contributed by atoms with Crippen molar-refractivity contribution in [2.75, 3.05) is 32.0 Å². The predicted molar refractivity (Wildman–Crippen MR) is 83.2 cm³/mol. The van der Waals surface area contributed by atoms with Gasteiger partial charge in [-0.05, 0) is 24.3 Å². The van der Waals surface area contributed by atoms with Gasteiger partial charge in [-0.3, -0.25) is 4.90 Å². The molecule has 0 amide bonds. The van der Waals surface area contributed by atoms with Crippen molar-refractivity contribution in [1.82, 2.24) is 14.9 Å². The van der Waals surface area contributed by atoms with E-state index < -0.39 is 0 Å². The summed E-state index contributed by atoms with van der Waals surface area (Å²) in [5.74, 6) is 1.36. The Bertz CT molecular complexity index is 596. The summed E-state index contributed by atoms with van der Waals surface area (Å²) in [7, 11) is 0. The molecule has 21 heavy (non-hydrogen) atoms. The first-order chi connectivity index (χ1) is 10.3. The maximum Gasteiger partial charge on any atom is 0.146 e. The molecule has 1 aliphatic rings. The predicted octanol–water partition coefficient (Wildman–Crippen LogP) is 1.25. The topological polar surface area (TPSA) is 84.5 Å². The zero-order valence-corrected chi connectivity index (χ0v) is 12.7. The van der Waals surface area contributed by atoms with Gasteiger partial charge in [0.25, 0.3) is 0 Å². The van der Waals surface area contributed by atoms with Gasteiger partial charge < -0.3 is 15.6 Å². The van der Waals surface area contributed by atoms with E-state index in [9.17, 15) is 0 Å². The Kier molecular flexibility index (Phi) is 4.64. The van der Waals surface area contributed by atoms with E-state index in [4.69, 9.17) is 15.6 Å². The number of aliphatic hydroxyl groups is 1. The highest BCUT2D eigenvalue weighted by Crippen LogP contribution is 2.23. The van der Waals surface area contributed by atoms with Crippen LogP contribution in [0.3, 0.4) is 0 Å². The Labute approximate surface area is 127 Å². The number of nitrogens with two attached hydrogens (primary N) is 1. The number of aliphatic hydroxyl groups excluding tert-OH is 1. The Morgan fingerprint density at radius 3 is 2.95 bits per heavy atom. The summed E-state index contributed by atoms with van der Waals surface area (Å²) in [4.78, 5) is 12.3. The third-order valence-corrected chi connectivity index (χ3v) is 4.55. The summed E-state index contributed by atoms with van der Waals surface area (Å²) in [5, 5.41) is 11.7. The maximum atomic E-state index is 8.78. The number of nitrogen functional groups attached to an aromatic ring is 1. The van der Waals surface area contributed by atoms with Gasteiger partial charge in [-0.15, -0.1) is 11.3 Å². The maximum absolute atomic E-state index is 8.78. The van der Waals surface area contributed by atoms with Crippen LogP contribution in [0.4, 0.5) is 5.82 Å². The largest absolute Gasteiger partial charge is 0.394 e. The van der Waals surface area contributed by atoms with Gasteiger partial charge in [-0.25, -0.2) is 9.97 Å². The van der Waals surface area contributed by atoms with Crippen LogP contribution in [0.25, 0.3) is 10.2 Å². The number of likely N-dealkylation sites (tertiary alicyclic amines) is 1. The van der Waals surface area contributed by atoms with Crippen molar-refractivity contribution in [2.45, 2.75) is 25.5 Å². The average Bonchev–Trinajstić information content (AvgIpc) is 2.95. The average molecular weight is 308 g/mol. The van der Waals surface area contributed by atoms with Crippen LogP contribution in [-0.2, 0) is 11.3 Å². The van der Waals surface area contributed by atoms with Crippen LogP contribution in [0, 0.1) is 0 Å². The molecule has 0 bridgehead atoms. The van der Waals surface area contributed by atoms with E-state index in [1.807, 2.05) is 11.4 Å². The summed E-state index contributed by atoms with van der Waals surface area (Å²) in [5.41, 5.74) is 5.98. The van der Waals surface area contributed by atoms with Crippen LogP contribution < -0.4 is 5.73 Å². The van der Waals surface area contributed by atoms with Crippen LogP contribution in [0.5, 0.6) is 0 Å². The summed E-state index contributed by atoms with van der Waals surface area (Å²) >= 11 is 1.59. The second-order valence-corrected chi connectivity index (χ2v) is 6.13. The second kappa shape index (κ2) is 6.65.